The molecule has 0 bridgehead atoms. The molecule has 4 heteroatoms. The van der Waals surface area contributed by atoms with E-state index in [-0.39, 0.29) is 5.56 Å². The monoisotopic (exact) mass is 202 g/mol. The molecule has 1 N–H and O–H groups in total. The van der Waals surface area contributed by atoms with Gasteiger partial charge in [0.1, 0.15) is 0 Å². The number of carboxylic acid groups (broad SMARTS) is 1. The lowest BCUT2D eigenvalue weighted by Gasteiger charge is -2.00. The van der Waals surface area contributed by atoms with Crippen LogP contribution in [0.25, 0.3) is 0 Å². The van der Waals surface area contributed by atoms with E-state index < -0.39 is 5.97 Å². The van der Waals surface area contributed by atoms with Crippen LogP contribution in [0, 0.1) is 0 Å². The van der Waals surface area contributed by atoms with Crippen LogP contribution in [0.4, 0.5) is 0 Å². The SMILES string of the molecule is CSc1ccc(C(=O)O)cc1Cl. The second-order valence-corrected chi connectivity index (χ2v) is 3.41. The highest BCUT2D eigenvalue weighted by molar-refractivity contribution is 7.98. The van der Waals surface area contributed by atoms with Crippen LogP contribution in [0.2, 0.25) is 5.02 Å². The lowest BCUT2D eigenvalue weighted by atomic mass is 10.2. The molecule has 2 nitrogen and oxygen atoms in total. The van der Waals surface area contributed by atoms with E-state index in [2.05, 4.69) is 0 Å². The topological polar surface area (TPSA) is 37.3 Å². The molecule has 0 aliphatic carbocycles. The summed E-state index contributed by atoms with van der Waals surface area (Å²) in [5.74, 6) is -0.954. The second-order valence-electron chi connectivity index (χ2n) is 2.15. The number of carboxylic acids is 1. The van der Waals surface area contributed by atoms with E-state index in [9.17, 15) is 4.79 Å². The van der Waals surface area contributed by atoms with Crippen LogP contribution in [-0.4, -0.2) is 17.3 Å². The number of hydrogen-bond acceptors (Lipinski definition) is 2. The Morgan fingerprint density at radius 3 is 2.67 bits per heavy atom. The Balaban J connectivity index is 3.10. The lowest BCUT2D eigenvalue weighted by molar-refractivity contribution is 0.0697. The summed E-state index contributed by atoms with van der Waals surface area (Å²) in [7, 11) is 0. The Hall–Kier alpha value is -0.670. The third kappa shape index (κ3) is 1.93. The first kappa shape index (κ1) is 9.42. The molecule has 0 fully saturated rings. The molecule has 1 aromatic rings. The highest BCUT2D eigenvalue weighted by Crippen LogP contribution is 2.25. The summed E-state index contributed by atoms with van der Waals surface area (Å²) in [5, 5.41) is 9.10. The third-order valence-electron chi connectivity index (χ3n) is 1.40. The standard InChI is InChI=1S/C8H7ClO2S/c1-12-7-3-2-5(8(10)11)4-6(7)9/h2-4H,1H3,(H,10,11). The minimum atomic E-state index is -0.954. The van der Waals surface area contributed by atoms with Gasteiger partial charge >= 0.3 is 5.97 Å². The van der Waals surface area contributed by atoms with Gasteiger partial charge in [-0.15, -0.1) is 11.8 Å². The molecule has 0 saturated carbocycles. The Bertz CT molecular complexity index is 312. The van der Waals surface area contributed by atoms with Crippen LogP contribution < -0.4 is 0 Å². The van der Waals surface area contributed by atoms with Crippen molar-refractivity contribution < 1.29 is 9.90 Å². The van der Waals surface area contributed by atoms with Gasteiger partial charge in [-0.3, -0.25) is 0 Å². The third-order valence-corrected chi connectivity index (χ3v) is 2.62. The largest absolute Gasteiger partial charge is 0.478 e. The predicted molar refractivity (Wildman–Crippen MR) is 50.2 cm³/mol. The van der Waals surface area contributed by atoms with Gasteiger partial charge in [0.25, 0.3) is 0 Å². The maximum atomic E-state index is 10.5. The van der Waals surface area contributed by atoms with Crippen LogP contribution >= 0.6 is 23.4 Å². The number of hydrogen-bond donors (Lipinski definition) is 1. The quantitative estimate of drug-likeness (QED) is 0.750. The molecule has 1 aromatic carbocycles. The average Bonchev–Trinajstić information content (AvgIpc) is 2.04. The lowest BCUT2D eigenvalue weighted by Crippen LogP contribution is -1.95. The number of aromatic carboxylic acids is 1. The second kappa shape index (κ2) is 3.83. The molecular weight excluding hydrogens is 196 g/mol. The smallest absolute Gasteiger partial charge is 0.335 e. The van der Waals surface area contributed by atoms with Crippen LogP contribution in [0.15, 0.2) is 23.1 Å². The molecule has 0 radical (unpaired) electrons. The molecule has 1 rings (SSSR count). The van der Waals surface area contributed by atoms with Crippen molar-refractivity contribution in [1.29, 1.82) is 0 Å². The number of benzene rings is 1. The van der Waals surface area contributed by atoms with Crippen molar-refractivity contribution in [2.24, 2.45) is 0 Å². The van der Waals surface area contributed by atoms with Gasteiger partial charge in [-0.2, -0.15) is 0 Å². The fourth-order valence-electron chi connectivity index (χ4n) is 0.799. The first-order chi connectivity index (χ1) is 5.65. The van der Waals surface area contributed by atoms with Crippen molar-refractivity contribution in [3.63, 3.8) is 0 Å². The van der Waals surface area contributed by atoms with Gasteiger partial charge in [-0.05, 0) is 24.5 Å². The van der Waals surface area contributed by atoms with Crippen LogP contribution in [0.5, 0.6) is 0 Å². The molecule has 0 spiro atoms. The maximum Gasteiger partial charge on any atom is 0.335 e. The molecule has 12 heavy (non-hydrogen) atoms. The summed E-state index contributed by atoms with van der Waals surface area (Å²) in [5.41, 5.74) is 0.220. The van der Waals surface area contributed by atoms with E-state index in [1.807, 2.05) is 6.26 Å². The number of carbonyl (C=O) groups is 1. The Labute approximate surface area is 79.5 Å². The van der Waals surface area contributed by atoms with Gasteiger partial charge < -0.3 is 5.11 Å². The van der Waals surface area contributed by atoms with Crippen molar-refractivity contribution in [3.05, 3.63) is 28.8 Å². The van der Waals surface area contributed by atoms with E-state index in [4.69, 9.17) is 16.7 Å². The van der Waals surface area contributed by atoms with Gasteiger partial charge in [-0.25, -0.2) is 4.79 Å². The van der Waals surface area contributed by atoms with Crippen LogP contribution in [0.1, 0.15) is 10.4 Å². The van der Waals surface area contributed by atoms with Crippen molar-refractivity contribution in [2.75, 3.05) is 6.26 Å². The summed E-state index contributed by atoms with van der Waals surface area (Å²) in [6.07, 6.45) is 1.89. The highest BCUT2D eigenvalue weighted by Gasteiger charge is 2.05. The van der Waals surface area contributed by atoms with E-state index in [1.54, 1.807) is 12.1 Å². The maximum absolute atomic E-state index is 10.5. The Morgan fingerprint density at radius 2 is 2.25 bits per heavy atom. The fraction of sp³-hybridized carbons (Fsp3) is 0.125. The van der Waals surface area contributed by atoms with Crippen LogP contribution in [0.3, 0.4) is 0 Å². The molecule has 0 unspecified atom stereocenters. The van der Waals surface area contributed by atoms with E-state index >= 15 is 0 Å². The van der Waals surface area contributed by atoms with Gasteiger partial charge in [0.05, 0.1) is 10.6 Å². The minimum Gasteiger partial charge on any atom is -0.478 e. The number of thioether (sulfide) groups is 1. The van der Waals surface area contributed by atoms with Crippen molar-refractivity contribution >= 4 is 29.3 Å². The summed E-state index contributed by atoms with van der Waals surface area (Å²) < 4.78 is 0. The molecule has 0 amide bonds. The van der Waals surface area contributed by atoms with Crippen molar-refractivity contribution in [3.8, 4) is 0 Å². The minimum absolute atomic E-state index is 0.220. The van der Waals surface area contributed by atoms with Gasteiger partial charge in [0, 0.05) is 4.90 Å². The van der Waals surface area contributed by atoms with Gasteiger partial charge in [0.15, 0.2) is 0 Å². The fourth-order valence-corrected chi connectivity index (χ4v) is 1.67. The molecule has 0 saturated heterocycles. The molecule has 0 aromatic heterocycles. The first-order valence-corrected chi connectivity index (χ1v) is 4.82. The summed E-state index contributed by atoms with van der Waals surface area (Å²) >= 11 is 7.28. The summed E-state index contributed by atoms with van der Waals surface area (Å²) in [4.78, 5) is 11.4. The predicted octanol–water partition coefficient (Wildman–Crippen LogP) is 2.76. The zero-order valence-corrected chi connectivity index (χ0v) is 7.95. The Kier molecular flexibility index (Phi) is 3.00. The van der Waals surface area contributed by atoms with E-state index in [0.29, 0.717) is 5.02 Å². The van der Waals surface area contributed by atoms with E-state index in [1.165, 1.54) is 17.8 Å². The first-order valence-electron chi connectivity index (χ1n) is 3.22. The van der Waals surface area contributed by atoms with Gasteiger partial charge in [0.2, 0.25) is 0 Å². The van der Waals surface area contributed by atoms with Crippen molar-refractivity contribution in [2.45, 2.75) is 4.90 Å². The molecule has 0 heterocycles. The zero-order valence-electron chi connectivity index (χ0n) is 6.37. The molecule has 0 atom stereocenters. The highest BCUT2D eigenvalue weighted by atomic mass is 35.5. The molecular formula is C8H7ClO2S. The normalized spacial score (nSPS) is 9.83. The average molecular weight is 203 g/mol. The van der Waals surface area contributed by atoms with Crippen LogP contribution in [-0.2, 0) is 0 Å². The number of halogens is 1. The summed E-state index contributed by atoms with van der Waals surface area (Å²) in [6.45, 7) is 0. The van der Waals surface area contributed by atoms with E-state index in [0.717, 1.165) is 4.90 Å². The molecule has 0 aliphatic rings. The Morgan fingerprint density at radius 1 is 1.58 bits per heavy atom. The zero-order chi connectivity index (χ0) is 9.14. The summed E-state index contributed by atoms with van der Waals surface area (Å²) in [6, 6.07) is 4.70. The molecule has 0 aliphatic heterocycles. The number of rotatable bonds is 2. The van der Waals surface area contributed by atoms with Gasteiger partial charge in [-0.1, -0.05) is 11.6 Å². The molecule has 64 valence electrons. The van der Waals surface area contributed by atoms with Crippen molar-refractivity contribution in [1.82, 2.24) is 0 Å².